The summed E-state index contributed by atoms with van der Waals surface area (Å²) in [6.07, 6.45) is 2.10. The molecule has 0 aliphatic heterocycles. The van der Waals surface area contributed by atoms with Gasteiger partial charge in [-0.1, -0.05) is 30.3 Å². The Morgan fingerprint density at radius 1 is 1.37 bits per heavy atom. The molecule has 0 spiro atoms. The van der Waals surface area contributed by atoms with E-state index in [1.165, 1.54) is 0 Å². The van der Waals surface area contributed by atoms with Crippen molar-refractivity contribution in [2.24, 2.45) is 0 Å². The fourth-order valence-corrected chi connectivity index (χ4v) is 2.58. The smallest absolute Gasteiger partial charge is 0.181 e. The van der Waals surface area contributed by atoms with Crippen LogP contribution in [-0.2, 0) is 15.6 Å². The predicted molar refractivity (Wildman–Crippen MR) is 75.3 cm³/mol. The van der Waals surface area contributed by atoms with Crippen molar-refractivity contribution in [3.63, 3.8) is 0 Å². The van der Waals surface area contributed by atoms with E-state index < -0.39 is 9.80 Å². The molecule has 1 aromatic heterocycles. The van der Waals surface area contributed by atoms with Gasteiger partial charge in [-0.2, -0.15) is 5.10 Å². The Balaban J connectivity index is 2.02. The van der Waals surface area contributed by atoms with E-state index in [1.54, 1.807) is 4.68 Å². The van der Waals surface area contributed by atoms with E-state index in [2.05, 4.69) is 16.0 Å². The molecule has 0 amide bonds. The lowest BCUT2D eigenvalue weighted by Gasteiger charge is -2.03. The van der Waals surface area contributed by atoms with Crippen LogP contribution in [0.4, 0.5) is 0 Å². The molecule has 1 aliphatic rings. The number of hydrogen-bond donors (Lipinski definition) is 1. The number of rotatable bonds is 4. The van der Waals surface area contributed by atoms with Crippen LogP contribution in [0.2, 0.25) is 0 Å². The molecular weight excluding hydrogens is 262 g/mol. The van der Waals surface area contributed by atoms with Crippen molar-refractivity contribution in [2.75, 3.05) is 0 Å². The molecule has 1 saturated carbocycles. The Labute approximate surface area is 112 Å². The van der Waals surface area contributed by atoms with Crippen molar-refractivity contribution in [1.82, 2.24) is 14.8 Å². The van der Waals surface area contributed by atoms with Crippen LogP contribution in [0.15, 0.2) is 30.3 Å². The van der Waals surface area contributed by atoms with Crippen LogP contribution in [0.1, 0.15) is 24.7 Å². The maximum Gasteiger partial charge on any atom is 0.181 e. The third kappa shape index (κ3) is 2.85. The van der Waals surface area contributed by atoms with Crippen molar-refractivity contribution in [1.29, 1.82) is 0 Å². The second kappa shape index (κ2) is 4.47. The molecule has 3 rings (SSSR count). The molecular formula is C13H15N3O2S. The van der Waals surface area contributed by atoms with Gasteiger partial charge in [0, 0.05) is 5.56 Å². The number of benzene rings is 1. The highest BCUT2D eigenvalue weighted by molar-refractivity contribution is 7.94. The Kier molecular flexibility index (Phi) is 2.91. The minimum atomic E-state index is -3.10. The van der Waals surface area contributed by atoms with E-state index in [0.29, 0.717) is 17.7 Å². The molecule has 1 aromatic carbocycles. The van der Waals surface area contributed by atoms with Crippen molar-refractivity contribution >= 4 is 15.7 Å². The van der Waals surface area contributed by atoms with Gasteiger partial charge in [-0.05, 0) is 18.7 Å². The zero-order valence-electron chi connectivity index (χ0n) is 10.4. The first kappa shape index (κ1) is 12.4. The van der Waals surface area contributed by atoms with Crippen LogP contribution < -0.4 is 0 Å². The van der Waals surface area contributed by atoms with Gasteiger partial charge in [0.1, 0.15) is 5.82 Å². The Morgan fingerprint density at radius 2 is 2.05 bits per heavy atom. The molecule has 1 unspecified atom stereocenters. The Bertz CT molecular complexity index is 688. The van der Waals surface area contributed by atoms with E-state index in [-0.39, 0.29) is 5.75 Å². The second-order valence-corrected chi connectivity index (χ2v) is 6.64. The van der Waals surface area contributed by atoms with Crippen LogP contribution in [0.25, 0.3) is 11.4 Å². The molecule has 100 valence electrons. The van der Waals surface area contributed by atoms with E-state index in [1.807, 2.05) is 30.3 Å². The highest BCUT2D eigenvalue weighted by atomic mass is 32.2. The van der Waals surface area contributed by atoms with Crippen LogP contribution in [0.3, 0.4) is 0 Å². The summed E-state index contributed by atoms with van der Waals surface area (Å²) in [5.74, 6) is 4.37. The first-order chi connectivity index (χ1) is 9.03. The lowest BCUT2D eigenvalue weighted by molar-refractivity contribution is 0.550. The minimum Gasteiger partial charge on any atom is -0.313 e. The van der Waals surface area contributed by atoms with Crippen LogP contribution >= 0.6 is 0 Å². The van der Waals surface area contributed by atoms with E-state index >= 15 is 0 Å². The van der Waals surface area contributed by atoms with Crippen molar-refractivity contribution in [3.8, 4) is 11.4 Å². The highest BCUT2D eigenvalue weighted by Gasteiger charge is 2.29. The molecule has 2 aromatic rings. The van der Waals surface area contributed by atoms with E-state index in [9.17, 15) is 8.76 Å². The predicted octanol–water partition coefficient (Wildman–Crippen LogP) is 1.97. The van der Waals surface area contributed by atoms with Crippen LogP contribution in [-0.4, -0.2) is 29.4 Å². The van der Waals surface area contributed by atoms with E-state index in [0.717, 1.165) is 18.4 Å². The zero-order chi connectivity index (χ0) is 13.5. The summed E-state index contributed by atoms with van der Waals surface area (Å²) in [6.45, 7) is 0. The average Bonchev–Trinajstić information content (AvgIpc) is 3.11. The summed E-state index contributed by atoms with van der Waals surface area (Å²) in [6, 6.07) is 9.95. The lowest BCUT2D eigenvalue weighted by atomic mass is 10.2. The van der Waals surface area contributed by atoms with Gasteiger partial charge in [0.15, 0.2) is 5.82 Å². The summed E-state index contributed by atoms with van der Waals surface area (Å²) < 4.78 is 22.7. The van der Waals surface area contributed by atoms with Crippen LogP contribution in [0, 0.1) is 0 Å². The molecule has 1 N–H and O–H groups in total. The SMILES string of the molecule is C=S(=O)(O)Cc1nc(-c2ccccc2)nn1C1CC1. The molecule has 1 fully saturated rings. The number of hydrogen-bond acceptors (Lipinski definition) is 3. The van der Waals surface area contributed by atoms with Gasteiger partial charge in [0.25, 0.3) is 0 Å². The Hall–Kier alpha value is -1.66. The third-order valence-corrected chi connectivity index (χ3v) is 3.69. The molecule has 0 saturated heterocycles. The molecule has 0 bridgehead atoms. The van der Waals surface area contributed by atoms with Gasteiger partial charge < -0.3 is 4.55 Å². The number of nitrogens with zero attached hydrogens (tertiary/aromatic N) is 3. The second-order valence-electron chi connectivity index (χ2n) is 4.81. The van der Waals surface area contributed by atoms with Gasteiger partial charge in [-0.15, -0.1) is 0 Å². The monoisotopic (exact) mass is 277 g/mol. The van der Waals surface area contributed by atoms with Crippen molar-refractivity contribution in [2.45, 2.75) is 24.6 Å². The molecule has 0 radical (unpaired) electrons. The first-order valence-corrected chi connectivity index (χ1v) is 7.96. The fourth-order valence-electron chi connectivity index (χ4n) is 1.98. The molecule has 1 aliphatic carbocycles. The summed E-state index contributed by atoms with van der Waals surface area (Å²) in [7, 11) is -3.10. The fraction of sp³-hybridized carbons (Fsp3) is 0.308. The third-order valence-electron chi connectivity index (χ3n) is 2.98. The maximum absolute atomic E-state index is 11.5. The first-order valence-electron chi connectivity index (χ1n) is 6.11. The van der Waals surface area contributed by atoms with Crippen LogP contribution in [0.5, 0.6) is 0 Å². The van der Waals surface area contributed by atoms with Gasteiger partial charge in [0.2, 0.25) is 0 Å². The molecule has 1 heterocycles. The molecule has 19 heavy (non-hydrogen) atoms. The van der Waals surface area contributed by atoms with E-state index in [4.69, 9.17) is 0 Å². The largest absolute Gasteiger partial charge is 0.313 e. The summed E-state index contributed by atoms with van der Waals surface area (Å²) in [5, 5.41) is 4.47. The molecule has 1 atom stereocenters. The van der Waals surface area contributed by atoms with Crippen molar-refractivity contribution < 1.29 is 8.76 Å². The lowest BCUT2D eigenvalue weighted by Crippen LogP contribution is -2.09. The summed E-state index contributed by atoms with van der Waals surface area (Å²) in [5.41, 5.74) is 0.914. The van der Waals surface area contributed by atoms with Gasteiger partial charge in [0.05, 0.1) is 21.6 Å². The van der Waals surface area contributed by atoms with Crippen molar-refractivity contribution in [3.05, 3.63) is 36.2 Å². The Morgan fingerprint density at radius 3 is 2.63 bits per heavy atom. The van der Waals surface area contributed by atoms with Gasteiger partial charge >= 0.3 is 0 Å². The zero-order valence-corrected chi connectivity index (χ0v) is 11.2. The quantitative estimate of drug-likeness (QED) is 0.868. The van der Waals surface area contributed by atoms with Gasteiger partial charge in [-0.3, -0.25) is 0 Å². The summed E-state index contributed by atoms with van der Waals surface area (Å²) in [4.78, 5) is 4.40. The molecule has 5 nitrogen and oxygen atoms in total. The normalized spacial score (nSPS) is 18.2. The van der Waals surface area contributed by atoms with Gasteiger partial charge in [-0.25, -0.2) is 13.9 Å². The highest BCUT2D eigenvalue weighted by Crippen LogP contribution is 2.36. The number of aromatic nitrogens is 3. The minimum absolute atomic E-state index is 0.0522. The molecule has 6 heteroatoms. The average molecular weight is 277 g/mol. The summed E-state index contributed by atoms with van der Waals surface area (Å²) >= 11 is 0. The topological polar surface area (TPSA) is 68.0 Å². The standard InChI is InChI=1S/C13H15N3O2S/c1-19(17,18)9-12-14-13(10-5-3-2-4-6-10)15-16(12)11-7-8-11/h2-6,11H,1,7-9H2,(H,17,18). The maximum atomic E-state index is 11.5.